The Morgan fingerprint density at radius 3 is 2.30 bits per heavy atom. The van der Waals surface area contributed by atoms with E-state index in [4.69, 9.17) is 0 Å². The number of carbonyl (C=O) groups is 1. The lowest BCUT2D eigenvalue weighted by Crippen LogP contribution is -2.25. The van der Waals surface area contributed by atoms with Gasteiger partial charge in [0.1, 0.15) is 0 Å². The molecule has 2 heterocycles. The molecular weight excluding hydrogens is 374 g/mol. The van der Waals surface area contributed by atoms with E-state index in [2.05, 4.69) is 25.7 Å². The molecule has 1 aliphatic rings. The van der Waals surface area contributed by atoms with Crippen molar-refractivity contribution < 1.29 is 4.79 Å². The molecular formula is C24H27N5O. The Kier molecular flexibility index (Phi) is 6.23. The minimum atomic E-state index is -0.141. The van der Waals surface area contributed by atoms with Crippen LogP contribution in [-0.4, -0.2) is 36.2 Å². The molecule has 4 rings (SSSR count). The van der Waals surface area contributed by atoms with E-state index < -0.39 is 0 Å². The maximum absolute atomic E-state index is 12.5. The fourth-order valence-electron chi connectivity index (χ4n) is 3.70. The third-order valence-electron chi connectivity index (χ3n) is 5.43. The molecule has 1 amide bonds. The van der Waals surface area contributed by atoms with Crippen LogP contribution in [0.15, 0.2) is 60.7 Å². The normalized spacial score (nSPS) is 14.1. The monoisotopic (exact) mass is 401 g/mol. The average Bonchev–Trinajstić information content (AvgIpc) is 3.09. The van der Waals surface area contributed by atoms with Gasteiger partial charge in [0.25, 0.3) is 5.91 Å². The summed E-state index contributed by atoms with van der Waals surface area (Å²) in [6.45, 7) is 2.09. The van der Waals surface area contributed by atoms with Gasteiger partial charge in [-0.25, -0.2) is 0 Å². The molecule has 6 heteroatoms. The van der Waals surface area contributed by atoms with E-state index >= 15 is 0 Å². The van der Waals surface area contributed by atoms with Gasteiger partial charge in [-0.1, -0.05) is 25.0 Å². The first kappa shape index (κ1) is 19.9. The van der Waals surface area contributed by atoms with Crippen molar-refractivity contribution in [2.75, 3.05) is 35.7 Å². The van der Waals surface area contributed by atoms with E-state index in [1.54, 1.807) is 12.1 Å². The van der Waals surface area contributed by atoms with Gasteiger partial charge in [0.05, 0.1) is 5.69 Å². The fourth-order valence-corrected chi connectivity index (χ4v) is 3.70. The predicted molar refractivity (Wildman–Crippen MR) is 122 cm³/mol. The summed E-state index contributed by atoms with van der Waals surface area (Å²) >= 11 is 0. The quantitative estimate of drug-likeness (QED) is 0.642. The lowest BCUT2D eigenvalue weighted by atomic mass is 10.1. The van der Waals surface area contributed by atoms with Gasteiger partial charge < -0.3 is 15.5 Å². The number of rotatable bonds is 5. The Labute approximate surface area is 177 Å². The molecule has 30 heavy (non-hydrogen) atoms. The molecule has 154 valence electrons. The topological polar surface area (TPSA) is 70.2 Å². The molecule has 0 spiro atoms. The summed E-state index contributed by atoms with van der Waals surface area (Å²) in [7, 11) is 1.85. The largest absolute Gasteiger partial charge is 0.388 e. The summed E-state index contributed by atoms with van der Waals surface area (Å²) in [5.74, 6) is 0.799. The summed E-state index contributed by atoms with van der Waals surface area (Å²) in [5, 5.41) is 14.9. The molecule has 0 bridgehead atoms. The number of anilines is 3. The van der Waals surface area contributed by atoms with Crippen LogP contribution in [0.2, 0.25) is 0 Å². The van der Waals surface area contributed by atoms with Crippen molar-refractivity contribution in [3.63, 3.8) is 0 Å². The third-order valence-corrected chi connectivity index (χ3v) is 5.43. The summed E-state index contributed by atoms with van der Waals surface area (Å²) in [5.41, 5.74) is 4.03. The van der Waals surface area contributed by atoms with Crippen LogP contribution < -0.4 is 15.5 Å². The highest BCUT2D eigenvalue weighted by Crippen LogP contribution is 2.23. The Morgan fingerprint density at radius 1 is 0.867 bits per heavy atom. The van der Waals surface area contributed by atoms with Gasteiger partial charge in [-0.05, 0) is 61.4 Å². The highest BCUT2D eigenvalue weighted by atomic mass is 16.1. The van der Waals surface area contributed by atoms with E-state index in [1.807, 2.05) is 55.6 Å². The van der Waals surface area contributed by atoms with Crippen molar-refractivity contribution >= 4 is 23.1 Å². The van der Waals surface area contributed by atoms with Gasteiger partial charge in [0.2, 0.25) is 0 Å². The first-order chi connectivity index (χ1) is 14.7. The minimum Gasteiger partial charge on any atom is -0.388 e. The predicted octanol–water partition coefficient (Wildman–Crippen LogP) is 4.82. The van der Waals surface area contributed by atoms with Crippen molar-refractivity contribution in [1.82, 2.24) is 10.2 Å². The molecule has 0 radical (unpaired) electrons. The van der Waals surface area contributed by atoms with Crippen LogP contribution in [0.1, 0.15) is 36.0 Å². The number of hydrogen-bond acceptors (Lipinski definition) is 5. The number of hydrogen-bond donors (Lipinski definition) is 2. The van der Waals surface area contributed by atoms with Crippen LogP contribution in [0.3, 0.4) is 0 Å². The maximum Gasteiger partial charge on any atom is 0.255 e. The van der Waals surface area contributed by atoms with E-state index in [0.29, 0.717) is 5.56 Å². The second-order valence-corrected chi connectivity index (χ2v) is 7.54. The smallest absolute Gasteiger partial charge is 0.255 e. The van der Waals surface area contributed by atoms with Crippen LogP contribution in [0.25, 0.3) is 11.3 Å². The zero-order valence-electron chi connectivity index (χ0n) is 17.3. The molecule has 1 aromatic heterocycles. The van der Waals surface area contributed by atoms with Gasteiger partial charge in [0, 0.05) is 42.6 Å². The van der Waals surface area contributed by atoms with Crippen molar-refractivity contribution in [3.8, 4) is 11.3 Å². The molecule has 1 fully saturated rings. The number of carbonyl (C=O) groups excluding carboxylic acids is 1. The van der Waals surface area contributed by atoms with Crippen LogP contribution in [-0.2, 0) is 0 Å². The molecule has 0 unspecified atom stereocenters. The van der Waals surface area contributed by atoms with Crippen molar-refractivity contribution in [2.24, 2.45) is 0 Å². The summed E-state index contributed by atoms with van der Waals surface area (Å²) in [6.07, 6.45) is 5.01. The van der Waals surface area contributed by atoms with Crippen LogP contribution in [0.4, 0.5) is 17.2 Å². The minimum absolute atomic E-state index is 0.141. The Morgan fingerprint density at radius 2 is 1.63 bits per heavy atom. The van der Waals surface area contributed by atoms with Gasteiger partial charge in [-0.15, -0.1) is 10.2 Å². The van der Waals surface area contributed by atoms with Crippen LogP contribution in [0.5, 0.6) is 0 Å². The standard InChI is InChI=1S/C24H27N5O/c1-25-20-11-9-18(10-12-20)24(30)26-21-8-6-7-19(17-21)22-13-14-23(28-27-22)29-15-4-2-3-5-16-29/h6-14,17,25H,2-5,15-16H2,1H3,(H,26,30). The second kappa shape index (κ2) is 9.39. The number of benzene rings is 2. The third kappa shape index (κ3) is 4.76. The lowest BCUT2D eigenvalue weighted by Gasteiger charge is -2.20. The van der Waals surface area contributed by atoms with Crippen LogP contribution in [0, 0.1) is 0 Å². The highest BCUT2D eigenvalue weighted by Gasteiger charge is 2.12. The lowest BCUT2D eigenvalue weighted by molar-refractivity contribution is 0.102. The SMILES string of the molecule is CNc1ccc(C(=O)Nc2cccc(-c3ccc(N4CCCCCC4)nn3)c2)cc1. The second-order valence-electron chi connectivity index (χ2n) is 7.54. The molecule has 2 aromatic carbocycles. The first-order valence-corrected chi connectivity index (χ1v) is 10.5. The van der Waals surface area contributed by atoms with Crippen molar-refractivity contribution in [3.05, 3.63) is 66.2 Å². The molecule has 1 saturated heterocycles. The fraction of sp³-hybridized carbons (Fsp3) is 0.292. The molecule has 0 atom stereocenters. The molecule has 0 saturated carbocycles. The van der Waals surface area contributed by atoms with Crippen molar-refractivity contribution in [2.45, 2.75) is 25.7 Å². The number of amides is 1. The van der Waals surface area contributed by atoms with Gasteiger partial charge in [-0.3, -0.25) is 4.79 Å². The van der Waals surface area contributed by atoms with Crippen molar-refractivity contribution in [1.29, 1.82) is 0 Å². The Balaban J connectivity index is 1.46. The Hall–Kier alpha value is -3.41. The summed E-state index contributed by atoms with van der Waals surface area (Å²) in [4.78, 5) is 14.9. The number of nitrogens with zero attached hydrogens (tertiary/aromatic N) is 3. The van der Waals surface area contributed by atoms with E-state index in [-0.39, 0.29) is 5.91 Å². The zero-order chi connectivity index (χ0) is 20.8. The van der Waals surface area contributed by atoms with Crippen LogP contribution >= 0.6 is 0 Å². The molecule has 6 nitrogen and oxygen atoms in total. The van der Waals surface area contributed by atoms with E-state index in [1.165, 1.54) is 25.7 Å². The molecule has 3 aromatic rings. The zero-order valence-corrected chi connectivity index (χ0v) is 17.3. The summed E-state index contributed by atoms with van der Waals surface area (Å²) in [6, 6.07) is 19.1. The summed E-state index contributed by atoms with van der Waals surface area (Å²) < 4.78 is 0. The molecule has 0 aliphatic carbocycles. The molecule has 1 aliphatic heterocycles. The van der Waals surface area contributed by atoms with Gasteiger partial charge in [-0.2, -0.15) is 0 Å². The number of nitrogens with one attached hydrogen (secondary N) is 2. The first-order valence-electron chi connectivity index (χ1n) is 10.5. The van der Waals surface area contributed by atoms with Gasteiger partial charge >= 0.3 is 0 Å². The van der Waals surface area contributed by atoms with E-state index in [0.717, 1.165) is 41.5 Å². The van der Waals surface area contributed by atoms with Gasteiger partial charge in [0.15, 0.2) is 5.82 Å². The highest BCUT2D eigenvalue weighted by molar-refractivity contribution is 6.04. The maximum atomic E-state index is 12.5. The Bertz CT molecular complexity index is 977. The van der Waals surface area contributed by atoms with E-state index in [9.17, 15) is 4.79 Å². The number of aromatic nitrogens is 2. The molecule has 2 N–H and O–H groups in total. The average molecular weight is 402 g/mol.